The van der Waals surface area contributed by atoms with Crippen molar-refractivity contribution in [1.29, 1.82) is 0 Å². The summed E-state index contributed by atoms with van der Waals surface area (Å²) in [6.07, 6.45) is 1.45. The van der Waals surface area contributed by atoms with E-state index in [2.05, 4.69) is 4.84 Å². The summed E-state index contributed by atoms with van der Waals surface area (Å²) in [6.45, 7) is -0.0365. The predicted octanol–water partition coefficient (Wildman–Crippen LogP) is 1.09. The number of hydrogen-bond donors (Lipinski definition) is 1. The molecule has 7 heteroatoms. The van der Waals surface area contributed by atoms with Gasteiger partial charge in [-0.25, -0.2) is 0 Å². The summed E-state index contributed by atoms with van der Waals surface area (Å²) >= 11 is 0. The van der Waals surface area contributed by atoms with Gasteiger partial charge in [0.05, 0.1) is 13.2 Å². The van der Waals surface area contributed by atoms with Gasteiger partial charge in [0.1, 0.15) is 6.04 Å². The third-order valence-electron chi connectivity index (χ3n) is 2.62. The van der Waals surface area contributed by atoms with E-state index in [0.29, 0.717) is 12.8 Å². The highest BCUT2D eigenvalue weighted by molar-refractivity contribution is 5.75. The third kappa shape index (κ3) is 6.69. The number of nitrogens with two attached hydrogens (primary N) is 1. The monoisotopic (exact) mass is 282 g/mol. The number of esters is 1. The predicted molar refractivity (Wildman–Crippen MR) is 71.3 cm³/mol. The Kier molecular flexibility index (Phi) is 7.05. The molecule has 0 bridgehead atoms. The van der Waals surface area contributed by atoms with Gasteiger partial charge in [-0.2, -0.15) is 0 Å². The first kappa shape index (κ1) is 15.9. The first-order chi connectivity index (χ1) is 9.59. The number of aryl methyl sites for hydroxylation is 1. The van der Waals surface area contributed by atoms with Gasteiger partial charge < -0.3 is 15.3 Å². The van der Waals surface area contributed by atoms with Crippen LogP contribution in [0.2, 0.25) is 0 Å². The largest absolute Gasteiger partial charge is 0.464 e. The fourth-order valence-corrected chi connectivity index (χ4v) is 1.56. The fourth-order valence-electron chi connectivity index (χ4n) is 1.56. The topological polar surface area (TPSA) is 105 Å². The number of hydrogen-bond acceptors (Lipinski definition) is 6. The van der Waals surface area contributed by atoms with E-state index in [0.717, 1.165) is 5.56 Å². The van der Waals surface area contributed by atoms with Gasteiger partial charge in [-0.1, -0.05) is 30.3 Å². The molecule has 0 saturated carbocycles. The van der Waals surface area contributed by atoms with Crippen LogP contribution in [0.1, 0.15) is 18.4 Å². The van der Waals surface area contributed by atoms with Crippen LogP contribution in [0.4, 0.5) is 0 Å². The summed E-state index contributed by atoms with van der Waals surface area (Å²) < 4.78 is 4.91. The zero-order valence-corrected chi connectivity index (χ0v) is 11.1. The zero-order chi connectivity index (χ0) is 14.8. The van der Waals surface area contributed by atoms with Crippen LogP contribution in [0.15, 0.2) is 30.3 Å². The van der Waals surface area contributed by atoms with Crippen molar-refractivity contribution < 1.29 is 19.5 Å². The van der Waals surface area contributed by atoms with E-state index in [4.69, 9.17) is 10.5 Å². The Morgan fingerprint density at radius 1 is 1.30 bits per heavy atom. The molecular formula is C13H18N2O5. The minimum absolute atomic E-state index is 0.0612. The lowest BCUT2D eigenvalue weighted by molar-refractivity contribution is -0.757. The maximum absolute atomic E-state index is 11.5. The van der Waals surface area contributed by atoms with Crippen molar-refractivity contribution in [3.05, 3.63) is 46.0 Å². The van der Waals surface area contributed by atoms with Crippen molar-refractivity contribution in [3.8, 4) is 0 Å². The molecule has 2 N–H and O–H groups in total. The highest BCUT2D eigenvalue weighted by atomic mass is 16.9. The molecule has 1 aromatic carbocycles. The standard InChI is InChI=1S/C13H18N2O5/c14-12(8-7-11-5-2-1-3-6-11)13(16)19-9-4-10-20-15(17)18/h1-3,5-6,12H,4,7-10,14H2/t12-/m0/s1. The molecule has 0 fully saturated rings. The van der Waals surface area contributed by atoms with Crippen molar-refractivity contribution in [2.24, 2.45) is 5.73 Å². The molecular weight excluding hydrogens is 264 g/mol. The van der Waals surface area contributed by atoms with Crippen molar-refractivity contribution in [1.82, 2.24) is 0 Å². The lowest BCUT2D eigenvalue weighted by Crippen LogP contribution is -2.33. The van der Waals surface area contributed by atoms with E-state index in [1.165, 1.54) is 0 Å². The molecule has 0 aliphatic rings. The molecule has 0 amide bonds. The molecule has 0 heterocycles. The average Bonchev–Trinajstić information content (AvgIpc) is 2.45. The highest BCUT2D eigenvalue weighted by Gasteiger charge is 2.14. The second-order valence-electron chi connectivity index (χ2n) is 4.21. The van der Waals surface area contributed by atoms with E-state index < -0.39 is 17.1 Å². The minimum atomic E-state index is -0.882. The summed E-state index contributed by atoms with van der Waals surface area (Å²) in [5.41, 5.74) is 6.82. The van der Waals surface area contributed by atoms with Crippen molar-refractivity contribution in [2.45, 2.75) is 25.3 Å². The van der Waals surface area contributed by atoms with Crippen molar-refractivity contribution >= 4 is 5.97 Å². The van der Waals surface area contributed by atoms with Gasteiger partial charge >= 0.3 is 5.97 Å². The number of carbonyl (C=O) groups excluding carboxylic acids is 1. The maximum atomic E-state index is 11.5. The van der Waals surface area contributed by atoms with Crippen LogP contribution in [-0.2, 0) is 20.8 Å². The highest BCUT2D eigenvalue weighted by Crippen LogP contribution is 2.05. The van der Waals surface area contributed by atoms with Gasteiger partial charge in [0, 0.05) is 6.42 Å². The summed E-state index contributed by atoms with van der Waals surface area (Å²) in [6, 6.07) is 9.01. The van der Waals surface area contributed by atoms with E-state index in [9.17, 15) is 14.9 Å². The first-order valence-electron chi connectivity index (χ1n) is 6.33. The van der Waals surface area contributed by atoms with Crippen LogP contribution in [0.5, 0.6) is 0 Å². The lowest BCUT2D eigenvalue weighted by Gasteiger charge is -2.11. The van der Waals surface area contributed by atoms with Crippen molar-refractivity contribution in [2.75, 3.05) is 13.2 Å². The Morgan fingerprint density at radius 2 is 2.00 bits per heavy atom. The Morgan fingerprint density at radius 3 is 2.65 bits per heavy atom. The Hall–Kier alpha value is -2.15. The SMILES string of the molecule is N[C@@H](CCc1ccccc1)C(=O)OCCCO[N+](=O)[O-]. The van der Waals surface area contributed by atoms with Crippen LogP contribution < -0.4 is 5.73 Å². The van der Waals surface area contributed by atoms with Crippen molar-refractivity contribution in [3.63, 3.8) is 0 Å². The lowest BCUT2D eigenvalue weighted by atomic mass is 10.1. The number of nitrogens with zero attached hydrogens (tertiary/aromatic N) is 1. The molecule has 0 aliphatic heterocycles. The minimum Gasteiger partial charge on any atom is -0.464 e. The van der Waals surface area contributed by atoms with E-state index in [-0.39, 0.29) is 19.6 Å². The summed E-state index contributed by atoms with van der Waals surface area (Å²) in [5.74, 6) is -0.498. The molecule has 0 aliphatic carbocycles. The van der Waals surface area contributed by atoms with Gasteiger partial charge in [-0.05, 0) is 18.4 Å². The van der Waals surface area contributed by atoms with Gasteiger partial charge in [0.2, 0.25) is 0 Å². The average molecular weight is 282 g/mol. The van der Waals surface area contributed by atoms with Crippen LogP contribution in [0, 0.1) is 10.1 Å². The third-order valence-corrected chi connectivity index (χ3v) is 2.62. The quantitative estimate of drug-likeness (QED) is 0.314. The Balaban J connectivity index is 2.14. The molecule has 1 rings (SSSR count). The van der Waals surface area contributed by atoms with Gasteiger partial charge in [-0.15, -0.1) is 10.1 Å². The van der Waals surface area contributed by atoms with Gasteiger partial charge in [0.25, 0.3) is 5.09 Å². The first-order valence-corrected chi connectivity index (χ1v) is 6.33. The molecule has 0 radical (unpaired) electrons. The number of benzene rings is 1. The van der Waals surface area contributed by atoms with Crippen LogP contribution in [0.3, 0.4) is 0 Å². The molecule has 0 unspecified atom stereocenters. The number of rotatable bonds is 9. The molecule has 1 aromatic rings. The zero-order valence-electron chi connectivity index (χ0n) is 11.1. The fraction of sp³-hybridized carbons (Fsp3) is 0.462. The van der Waals surface area contributed by atoms with E-state index in [1.807, 2.05) is 30.3 Å². The molecule has 0 saturated heterocycles. The van der Waals surface area contributed by atoms with Gasteiger partial charge in [-0.3, -0.25) is 4.79 Å². The van der Waals surface area contributed by atoms with E-state index >= 15 is 0 Å². The van der Waals surface area contributed by atoms with Gasteiger partial charge in [0.15, 0.2) is 0 Å². The smallest absolute Gasteiger partial charge is 0.322 e. The number of carbonyl (C=O) groups is 1. The van der Waals surface area contributed by atoms with E-state index in [1.54, 1.807) is 0 Å². The summed E-state index contributed by atoms with van der Waals surface area (Å²) in [5, 5.41) is 9.00. The second-order valence-corrected chi connectivity index (χ2v) is 4.21. The Bertz CT molecular complexity index is 424. The molecule has 110 valence electrons. The summed E-state index contributed by atoms with van der Waals surface area (Å²) in [7, 11) is 0. The van der Waals surface area contributed by atoms with Crippen LogP contribution >= 0.6 is 0 Å². The molecule has 7 nitrogen and oxygen atoms in total. The van der Waals surface area contributed by atoms with Crippen LogP contribution in [-0.4, -0.2) is 30.3 Å². The molecule has 1 atom stereocenters. The van der Waals surface area contributed by atoms with Crippen LogP contribution in [0.25, 0.3) is 0 Å². The normalized spacial score (nSPS) is 11.7. The number of ether oxygens (including phenoxy) is 1. The Labute approximate surface area is 116 Å². The molecule has 0 aromatic heterocycles. The maximum Gasteiger partial charge on any atom is 0.322 e. The molecule has 0 spiro atoms. The summed E-state index contributed by atoms with van der Waals surface area (Å²) in [4.78, 5) is 25.5. The second kappa shape index (κ2) is 8.87. The molecule has 20 heavy (non-hydrogen) atoms.